The standard InChI is InChI=1S/C23H23N7O/c1-31-19-13-12-16(15-8-4-2-5-9-15)14-18(19)20-21(29-24)27-23(28-22(20)30-25)26-17-10-6-3-7-11-17/h2-14H,24-25H2,1H3,(H3,26,27,28,29,30). The molecule has 0 spiro atoms. The van der Waals surface area contributed by atoms with E-state index >= 15 is 0 Å². The van der Waals surface area contributed by atoms with E-state index in [2.05, 4.69) is 26.1 Å². The maximum Gasteiger partial charge on any atom is 0.231 e. The van der Waals surface area contributed by atoms with Crippen LogP contribution in [-0.2, 0) is 0 Å². The van der Waals surface area contributed by atoms with Gasteiger partial charge in [-0.1, -0.05) is 54.6 Å². The van der Waals surface area contributed by atoms with Gasteiger partial charge in [0.1, 0.15) is 5.75 Å². The minimum atomic E-state index is 0.342. The van der Waals surface area contributed by atoms with Gasteiger partial charge < -0.3 is 20.9 Å². The highest BCUT2D eigenvalue weighted by Gasteiger charge is 2.20. The number of hydrazine groups is 2. The van der Waals surface area contributed by atoms with Crippen molar-refractivity contribution in [2.75, 3.05) is 23.3 Å². The molecule has 3 aromatic carbocycles. The van der Waals surface area contributed by atoms with Gasteiger partial charge in [0.05, 0.1) is 12.7 Å². The molecule has 1 heterocycles. The summed E-state index contributed by atoms with van der Waals surface area (Å²) in [5, 5.41) is 3.15. The summed E-state index contributed by atoms with van der Waals surface area (Å²) < 4.78 is 5.61. The van der Waals surface area contributed by atoms with Crippen molar-refractivity contribution in [3.63, 3.8) is 0 Å². The summed E-state index contributed by atoms with van der Waals surface area (Å²) in [6.45, 7) is 0. The zero-order valence-electron chi connectivity index (χ0n) is 17.0. The first-order valence-electron chi connectivity index (χ1n) is 9.64. The molecule has 0 amide bonds. The fraction of sp³-hybridized carbons (Fsp3) is 0.0435. The molecule has 0 fully saturated rings. The van der Waals surface area contributed by atoms with Gasteiger partial charge in [-0.3, -0.25) is 0 Å². The average Bonchev–Trinajstić information content (AvgIpc) is 2.84. The number of aromatic nitrogens is 2. The van der Waals surface area contributed by atoms with Gasteiger partial charge in [-0.05, 0) is 35.4 Å². The number of hydrogen-bond acceptors (Lipinski definition) is 8. The van der Waals surface area contributed by atoms with Crippen molar-refractivity contribution in [3.05, 3.63) is 78.9 Å². The molecular weight excluding hydrogens is 390 g/mol. The zero-order chi connectivity index (χ0) is 21.6. The van der Waals surface area contributed by atoms with Gasteiger partial charge in [-0.25, -0.2) is 11.7 Å². The van der Waals surface area contributed by atoms with Gasteiger partial charge >= 0.3 is 0 Å². The van der Waals surface area contributed by atoms with Crippen LogP contribution in [0.1, 0.15) is 0 Å². The molecule has 0 aliphatic carbocycles. The van der Waals surface area contributed by atoms with Gasteiger partial charge in [0.15, 0.2) is 11.6 Å². The third kappa shape index (κ3) is 4.25. The summed E-state index contributed by atoms with van der Waals surface area (Å²) in [4.78, 5) is 9.08. The highest BCUT2D eigenvalue weighted by Crippen LogP contribution is 2.41. The summed E-state index contributed by atoms with van der Waals surface area (Å²) >= 11 is 0. The number of nitrogens with two attached hydrogens (primary N) is 2. The number of rotatable bonds is 7. The van der Waals surface area contributed by atoms with Crippen LogP contribution in [-0.4, -0.2) is 17.1 Å². The number of nitrogens with zero attached hydrogens (tertiary/aromatic N) is 2. The topological polar surface area (TPSA) is 123 Å². The van der Waals surface area contributed by atoms with Crippen LogP contribution in [0, 0.1) is 0 Å². The molecule has 4 aromatic rings. The second kappa shape index (κ2) is 9.12. The summed E-state index contributed by atoms with van der Waals surface area (Å²) in [6.07, 6.45) is 0. The quantitative estimate of drug-likeness (QED) is 0.226. The molecule has 0 aliphatic rings. The Hall–Kier alpha value is -4.14. The number of anilines is 4. The van der Waals surface area contributed by atoms with Gasteiger partial charge in [0.2, 0.25) is 5.95 Å². The largest absolute Gasteiger partial charge is 0.496 e. The van der Waals surface area contributed by atoms with Gasteiger partial charge in [0.25, 0.3) is 0 Å². The van der Waals surface area contributed by atoms with Gasteiger partial charge in [0, 0.05) is 11.3 Å². The van der Waals surface area contributed by atoms with E-state index in [-0.39, 0.29) is 0 Å². The van der Waals surface area contributed by atoms with Crippen molar-refractivity contribution >= 4 is 23.3 Å². The molecule has 0 aliphatic heterocycles. The SMILES string of the molecule is COc1ccc(-c2ccccc2)cc1-c1c(NN)nc(Nc2ccccc2)nc1NN. The number of nitrogens with one attached hydrogen (secondary N) is 3. The number of hydrogen-bond donors (Lipinski definition) is 5. The van der Waals surface area contributed by atoms with Crippen LogP contribution in [0.25, 0.3) is 22.3 Å². The second-order valence-electron chi connectivity index (χ2n) is 6.68. The molecule has 8 heteroatoms. The Bertz CT molecular complexity index is 1140. The Balaban J connectivity index is 1.85. The molecule has 0 atom stereocenters. The van der Waals surface area contributed by atoms with Crippen molar-refractivity contribution in [3.8, 4) is 28.0 Å². The van der Waals surface area contributed by atoms with Crippen LogP contribution >= 0.6 is 0 Å². The van der Waals surface area contributed by atoms with E-state index in [9.17, 15) is 0 Å². The van der Waals surface area contributed by atoms with Crippen molar-refractivity contribution in [2.45, 2.75) is 0 Å². The number of methoxy groups -OCH3 is 1. The summed E-state index contributed by atoms with van der Waals surface area (Å²) in [6, 6.07) is 25.5. The summed E-state index contributed by atoms with van der Waals surface area (Å²) in [5.41, 5.74) is 9.58. The Morgan fingerprint density at radius 1 is 0.742 bits per heavy atom. The van der Waals surface area contributed by atoms with Crippen molar-refractivity contribution < 1.29 is 4.74 Å². The lowest BCUT2D eigenvalue weighted by molar-refractivity contribution is 0.416. The summed E-state index contributed by atoms with van der Waals surface area (Å²) in [5.74, 6) is 13.4. The third-order valence-corrected chi connectivity index (χ3v) is 4.79. The minimum absolute atomic E-state index is 0.342. The van der Waals surface area contributed by atoms with Crippen molar-refractivity contribution in [1.29, 1.82) is 0 Å². The molecule has 4 rings (SSSR count). The van der Waals surface area contributed by atoms with Gasteiger partial charge in [-0.15, -0.1) is 0 Å². The molecule has 1 aromatic heterocycles. The highest BCUT2D eigenvalue weighted by molar-refractivity contribution is 5.90. The number of nitrogen functional groups attached to an aromatic ring is 2. The molecule has 0 unspecified atom stereocenters. The van der Waals surface area contributed by atoms with E-state index in [4.69, 9.17) is 16.4 Å². The average molecular weight is 413 g/mol. The number of ether oxygens (including phenoxy) is 1. The van der Waals surface area contributed by atoms with E-state index in [0.29, 0.717) is 28.9 Å². The molecule has 0 radical (unpaired) electrons. The molecule has 0 saturated heterocycles. The molecule has 31 heavy (non-hydrogen) atoms. The van der Waals surface area contributed by atoms with E-state index in [1.54, 1.807) is 7.11 Å². The Kier molecular flexibility index (Phi) is 5.93. The lowest BCUT2D eigenvalue weighted by Crippen LogP contribution is -2.17. The predicted molar refractivity (Wildman–Crippen MR) is 125 cm³/mol. The minimum Gasteiger partial charge on any atom is -0.496 e. The molecule has 156 valence electrons. The van der Waals surface area contributed by atoms with Crippen molar-refractivity contribution in [2.24, 2.45) is 11.7 Å². The monoisotopic (exact) mass is 413 g/mol. The molecular formula is C23H23N7O. The van der Waals surface area contributed by atoms with Crippen LogP contribution < -0.4 is 32.6 Å². The fourth-order valence-corrected chi connectivity index (χ4v) is 3.34. The Morgan fingerprint density at radius 2 is 1.35 bits per heavy atom. The lowest BCUT2D eigenvalue weighted by Gasteiger charge is -2.18. The predicted octanol–water partition coefficient (Wildman–Crippen LogP) is 4.13. The third-order valence-electron chi connectivity index (χ3n) is 4.79. The van der Waals surface area contributed by atoms with E-state index in [0.717, 1.165) is 22.4 Å². The molecule has 8 nitrogen and oxygen atoms in total. The van der Waals surface area contributed by atoms with Crippen LogP contribution in [0.3, 0.4) is 0 Å². The fourth-order valence-electron chi connectivity index (χ4n) is 3.34. The van der Waals surface area contributed by atoms with Gasteiger partial charge in [-0.2, -0.15) is 9.97 Å². The van der Waals surface area contributed by atoms with Crippen LogP contribution in [0.2, 0.25) is 0 Å². The van der Waals surface area contributed by atoms with Crippen LogP contribution in [0.15, 0.2) is 78.9 Å². The number of para-hydroxylation sites is 1. The second-order valence-corrected chi connectivity index (χ2v) is 6.68. The lowest BCUT2D eigenvalue weighted by atomic mass is 9.98. The van der Waals surface area contributed by atoms with Crippen molar-refractivity contribution in [1.82, 2.24) is 9.97 Å². The smallest absolute Gasteiger partial charge is 0.231 e. The molecule has 7 N–H and O–H groups in total. The molecule has 0 saturated carbocycles. The Labute approximate surface area is 180 Å². The zero-order valence-corrected chi connectivity index (χ0v) is 17.0. The Morgan fingerprint density at radius 3 is 1.94 bits per heavy atom. The van der Waals surface area contributed by atoms with E-state index in [1.807, 2.05) is 78.9 Å². The first-order valence-corrected chi connectivity index (χ1v) is 9.64. The highest BCUT2D eigenvalue weighted by atomic mass is 16.5. The maximum atomic E-state index is 5.84. The number of benzene rings is 3. The summed E-state index contributed by atoms with van der Waals surface area (Å²) in [7, 11) is 1.61. The maximum absolute atomic E-state index is 5.84. The van der Waals surface area contributed by atoms with E-state index < -0.39 is 0 Å². The van der Waals surface area contributed by atoms with E-state index in [1.165, 1.54) is 0 Å². The van der Waals surface area contributed by atoms with Crippen LogP contribution in [0.4, 0.5) is 23.3 Å². The first kappa shape index (κ1) is 20.1. The molecule has 0 bridgehead atoms. The normalized spacial score (nSPS) is 10.4. The first-order chi connectivity index (χ1) is 15.2. The van der Waals surface area contributed by atoms with Crippen LogP contribution in [0.5, 0.6) is 5.75 Å².